The van der Waals surface area contributed by atoms with Crippen LogP contribution in [0, 0.1) is 23.0 Å². The molecule has 0 bridgehead atoms. The molecule has 4 atom stereocenters. The summed E-state index contributed by atoms with van der Waals surface area (Å²) in [5, 5.41) is 9.93. The number of thiophene rings is 1. The summed E-state index contributed by atoms with van der Waals surface area (Å²) in [6.07, 6.45) is 0.721. The Morgan fingerprint density at radius 1 is 1.21 bits per heavy atom. The smallest absolute Gasteiger partial charge is 0.345 e. The van der Waals surface area contributed by atoms with E-state index in [0.29, 0.717) is 32.4 Å². The minimum absolute atomic E-state index is 0.00868. The van der Waals surface area contributed by atoms with Crippen LogP contribution in [-0.2, 0) is 4.74 Å². The molecule has 9 nitrogen and oxygen atoms in total. The Bertz CT molecular complexity index is 2010. The first kappa shape index (κ1) is 31.6. The molecule has 0 radical (unpaired) electrons. The normalized spacial score (nSPS) is 25.3. The number of benzene rings is 2. The zero-order valence-corrected chi connectivity index (χ0v) is 26.8. The maximum Gasteiger partial charge on any atom is 0.345 e. The van der Waals surface area contributed by atoms with Crippen LogP contribution in [0.15, 0.2) is 12.1 Å². The number of fused-ring (bicyclic) bond motifs is 4. The van der Waals surface area contributed by atoms with Gasteiger partial charge in [0.15, 0.2) is 11.6 Å². The second kappa shape index (κ2) is 11.7. The molecule has 16 heteroatoms. The summed E-state index contributed by atoms with van der Waals surface area (Å²) in [6.45, 7) is -1.74. The van der Waals surface area contributed by atoms with Crippen molar-refractivity contribution >= 4 is 54.7 Å². The van der Waals surface area contributed by atoms with Gasteiger partial charge in [-0.15, -0.1) is 11.3 Å². The molecular weight excluding hydrogens is 679 g/mol. The largest absolute Gasteiger partial charge is 0.489 e. The van der Waals surface area contributed by atoms with Crippen LogP contribution in [0.1, 0.15) is 37.7 Å². The Morgan fingerprint density at radius 2 is 2.04 bits per heavy atom. The predicted molar refractivity (Wildman–Crippen MR) is 170 cm³/mol. The molecule has 2 aromatic heterocycles. The fourth-order valence-corrected chi connectivity index (χ4v) is 9.26. The van der Waals surface area contributed by atoms with Crippen LogP contribution >= 0.6 is 22.9 Å². The van der Waals surface area contributed by atoms with Crippen molar-refractivity contribution < 1.29 is 36.2 Å². The Kier molecular flexibility index (Phi) is 7.70. The van der Waals surface area contributed by atoms with Crippen molar-refractivity contribution in [2.24, 2.45) is 0 Å². The first-order valence-electron chi connectivity index (χ1n) is 15.6. The third-order valence-electron chi connectivity index (χ3n) is 10.0. The number of nitrogen functional groups attached to an aromatic ring is 1. The zero-order valence-electron chi connectivity index (χ0n) is 25.2. The molecule has 0 amide bonds. The highest BCUT2D eigenvalue weighted by molar-refractivity contribution is 7.23. The van der Waals surface area contributed by atoms with Gasteiger partial charge in [-0.25, -0.2) is 13.2 Å². The van der Waals surface area contributed by atoms with Crippen molar-refractivity contribution in [1.82, 2.24) is 14.9 Å². The monoisotopic (exact) mass is 706 g/mol. The maximum atomic E-state index is 17.1. The second-order valence-electron chi connectivity index (χ2n) is 12.7. The Labute approximate surface area is 279 Å². The van der Waals surface area contributed by atoms with Gasteiger partial charge in [0.2, 0.25) is 0 Å². The van der Waals surface area contributed by atoms with E-state index in [4.69, 9.17) is 31.5 Å². The van der Waals surface area contributed by atoms with Crippen molar-refractivity contribution in [3.63, 3.8) is 0 Å². The van der Waals surface area contributed by atoms with Gasteiger partial charge in [0, 0.05) is 30.5 Å². The molecule has 48 heavy (non-hydrogen) atoms. The summed E-state index contributed by atoms with van der Waals surface area (Å²) in [6, 6.07) is 3.47. The van der Waals surface area contributed by atoms with E-state index in [2.05, 4.69) is 14.9 Å². The van der Waals surface area contributed by atoms with Gasteiger partial charge in [0.05, 0.1) is 38.4 Å². The number of nitriles is 1. The number of nitrogens with two attached hydrogens (primary N) is 1. The molecule has 0 saturated carbocycles. The lowest BCUT2D eigenvalue weighted by Crippen LogP contribution is -2.52. The van der Waals surface area contributed by atoms with Crippen LogP contribution in [0.3, 0.4) is 0 Å². The molecule has 4 aromatic rings. The second-order valence-corrected chi connectivity index (χ2v) is 14.1. The van der Waals surface area contributed by atoms with Crippen LogP contribution in [0.2, 0.25) is 5.02 Å². The van der Waals surface area contributed by atoms with E-state index in [0.717, 1.165) is 30.4 Å². The average molecular weight is 707 g/mol. The molecule has 8 rings (SSSR count). The van der Waals surface area contributed by atoms with Gasteiger partial charge < -0.3 is 24.8 Å². The fourth-order valence-electron chi connectivity index (χ4n) is 7.98. The number of alkyl halides is 3. The van der Waals surface area contributed by atoms with Crippen LogP contribution in [-0.4, -0.2) is 78.2 Å². The molecule has 6 heterocycles. The molecule has 3 saturated heterocycles. The third kappa shape index (κ3) is 4.82. The lowest BCUT2D eigenvalue weighted by molar-refractivity contribution is -0.174. The summed E-state index contributed by atoms with van der Waals surface area (Å²) in [5.41, 5.74) is 5.10. The van der Waals surface area contributed by atoms with Gasteiger partial charge >= 0.3 is 12.6 Å². The van der Waals surface area contributed by atoms with Crippen molar-refractivity contribution in [1.29, 1.82) is 5.26 Å². The zero-order chi connectivity index (χ0) is 33.5. The van der Waals surface area contributed by atoms with E-state index < -0.39 is 42.1 Å². The number of aromatic nitrogens is 2. The number of nitrogens with zero attached hydrogens (tertiary/aromatic N) is 5. The first-order chi connectivity index (χ1) is 23.1. The minimum Gasteiger partial charge on any atom is -0.489 e. The quantitative estimate of drug-likeness (QED) is 0.216. The fraction of sp³-hybridized carbons (Fsp3) is 0.469. The van der Waals surface area contributed by atoms with Crippen LogP contribution < -0.4 is 20.1 Å². The Balaban J connectivity index is 1.34. The average Bonchev–Trinajstić information content (AvgIpc) is 3.66. The lowest BCUT2D eigenvalue weighted by atomic mass is 9.95. The molecule has 3 unspecified atom stereocenters. The maximum absolute atomic E-state index is 17.1. The standard InChI is InChI=1S/C32H28ClF5N6O3S/c33-23-21(15-4-5-17(35)27-20(15)16(10-39)28(40)48-27)24(36)25-22-26(23)45-12-18-19(47-30(37)38)3-1-8-44(18)29(22)42-31(41-25)46-13-32-6-2-7-43(32)11-14(34)9-32/h4-5,14,18-19,30H,1-3,6-9,11-13,40H2/t14-,18?,19?,32?/m1/s1. The lowest BCUT2D eigenvalue weighted by Gasteiger charge is -2.40. The molecule has 2 N–H and O–H groups in total. The minimum atomic E-state index is -3.04. The van der Waals surface area contributed by atoms with Crippen molar-refractivity contribution in [3.05, 3.63) is 34.4 Å². The number of hydrogen-bond acceptors (Lipinski definition) is 10. The van der Waals surface area contributed by atoms with Gasteiger partial charge in [0.1, 0.15) is 47.6 Å². The molecule has 2 aromatic carbocycles. The molecule has 3 fully saturated rings. The summed E-state index contributed by atoms with van der Waals surface area (Å²) < 4.78 is 91.0. The van der Waals surface area contributed by atoms with Crippen molar-refractivity contribution in [2.45, 2.75) is 62.6 Å². The Morgan fingerprint density at radius 3 is 2.83 bits per heavy atom. The van der Waals surface area contributed by atoms with E-state index in [1.807, 2.05) is 6.07 Å². The number of hydrogen-bond donors (Lipinski definition) is 1. The number of piperidine rings is 1. The van der Waals surface area contributed by atoms with Crippen LogP contribution in [0.25, 0.3) is 32.1 Å². The topological polar surface area (TPSA) is 110 Å². The summed E-state index contributed by atoms with van der Waals surface area (Å²) in [5.74, 6) is -1.41. The molecule has 4 aliphatic heterocycles. The highest BCUT2D eigenvalue weighted by atomic mass is 35.5. The van der Waals surface area contributed by atoms with Gasteiger partial charge in [-0.05, 0) is 43.9 Å². The van der Waals surface area contributed by atoms with Gasteiger partial charge in [0.25, 0.3) is 0 Å². The van der Waals surface area contributed by atoms with Gasteiger partial charge in [-0.2, -0.15) is 24.0 Å². The molecule has 0 spiro atoms. The van der Waals surface area contributed by atoms with Crippen molar-refractivity contribution in [2.75, 3.05) is 43.5 Å². The van der Waals surface area contributed by atoms with Gasteiger partial charge in [-0.1, -0.05) is 17.7 Å². The number of anilines is 2. The highest BCUT2D eigenvalue weighted by Crippen LogP contribution is 2.52. The van der Waals surface area contributed by atoms with E-state index >= 15 is 4.39 Å². The van der Waals surface area contributed by atoms with Crippen LogP contribution in [0.5, 0.6) is 11.8 Å². The van der Waals surface area contributed by atoms with Gasteiger partial charge in [-0.3, -0.25) is 4.90 Å². The molecule has 4 aliphatic rings. The predicted octanol–water partition coefficient (Wildman–Crippen LogP) is 6.82. The Hall–Kier alpha value is -3.71. The van der Waals surface area contributed by atoms with E-state index in [1.165, 1.54) is 6.07 Å². The van der Waals surface area contributed by atoms with E-state index in [1.54, 1.807) is 4.90 Å². The van der Waals surface area contributed by atoms with Crippen molar-refractivity contribution in [3.8, 4) is 29.0 Å². The highest BCUT2D eigenvalue weighted by Gasteiger charge is 2.49. The van der Waals surface area contributed by atoms with E-state index in [9.17, 15) is 22.8 Å². The SMILES string of the molecule is N#Cc1c(N)sc2c(F)ccc(-c3c(Cl)c4c5c(nc(OCC67CCCN6C[C@H](F)C7)nc5c3F)N3CCCC(OC(F)F)C3CO4)c12. The summed E-state index contributed by atoms with van der Waals surface area (Å²) in [4.78, 5) is 13.0. The number of ether oxygens (including phenoxy) is 3. The first-order valence-corrected chi connectivity index (χ1v) is 16.8. The third-order valence-corrected chi connectivity index (χ3v) is 11.4. The number of halogens is 6. The molecule has 0 aliphatic carbocycles. The summed E-state index contributed by atoms with van der Waals surface area (Å²) in [7, 11) is 0. The van der Waals surface area contributed by atoms with Crippen LogP contribution in [0.4, 0.5) is 32.8 Å². The van der Waals surface area contributed by atoms with E-state index in [-0.39, 0.29) is 84.9 Å². The molecule has 252 valence electrons. The summed E-state index contributed by atoms with van der Waals surface area (Å²) >= 11 is 7.81. The number of rotatable bonds is 6. The molecular formula is C32H28ClF5N6O3S.